The number of benzene rings is 2. The first-order valence-corrected chi connectivity index (χ1v) is 7.29. The molecule has 0 unspecified atom stereocenters. The van der Waals surface area contributed by atoms with Crippen molar-refractivity contribution in [3.63, 3.8) is 0 Å². The maximum Gasteiger partial charge on any atom is 0.262 e. The van der Waals surface area contributed by atoms with Crippen molar-refractivity contribution < 1.29 is 9.53 Å². The largest absolute Gasteiger partial charge is 0.484 e. The summed E-state index contributed by atoms with van der Waals surface area (Å²) >= 11 is 6.17. The number of hydrogen-bond donors (Lipinski definition) is 1. The zero-order valence-corrected chi connectivity index (χ0v) is 13.6. The van der Waals surface area contributed by atoms with Gasteiger partial charge in [0.05, 0.1) is 10.7 Å². The van der Waals surface area contributed by atoms with Gasteiger partial charge in [-0.1, -0.05) is 23.7 Å². The van der Waals surface area contributed by atoms with E-state index < -0.39 is 0 Å². The van der Waals surface area contributed by atoms with E-state index in [2.05, 4.69) is 5.32 Å². The van der Waals surface area contributed by atoms with Gasteiger partial charge in [0, 0.05) is 19.8 Å². The van der Waals surface area contributed by atoms with E-state index >= 15 is 0 Å². The average molecular weight is 319 g/mol. The van der Waals surface area contributed by atoms with Gasteiger partial charge in [0.25, 0.3) is 5.91 Å². The van der Waals surface area contributed by atoms with Crippen LogP contribution >= 0.6 is 11.6 Å². The summed E-state index contributed by atoms with van der Waals surface area (Å²) in [6.07, 6.45) is 0. The van der Waals surface area contributed by atoms with Crippen molar-refractivity contribution in [1.29, 1.82) is 0 Å². The number of hydrogen-bond acceptors (Lipinski definition) is 3. The molecule has 0 bridgehead atoms. The summed E-state index contributed by atoms with van der Waals surface area (Å²) in [5.74, 6) is 0.450. The van der Waals surface area contributed by atoms with Crippen LogP contribution in [0.15, 0.2) is 42.5 Å². The molecule has 0 aliphatic heterocycles. The minimum absolute atomic E-state index is 0.0451. The summed E-state index contributed by atoms with van der Waals surface area (Å²) in [5.41, 5.74) is 2.63. The molecule has 2 aromatic carbocycles. The Morgan fingerprint density at radius 2 is 2.00 bits per heavy atom. The topological polar surface area (TPSA) is 41.6 Å². The fraction of sp³-hybridized carbons (Fsp3) is 0.235. The van der Waals surface area contributed by atoms with E-state index in [1.807, 2.05) is 62.3 Å². The van der Waals surface area contributed by atoms with Gasteiger partial charge in [-0.15, -0.1) is 0 Å². The Labute approximate surface area is 135 Å². The van der Waals surface area contributed by atoms with E-state index in [9.17, 15) is 4.79 Å². The van der Waals surface area contributed by atoms with E-state index in [1.54, 1.807) is 6.07 Å². The monoisotopic (exact) mass is 318 g/mol. The van der Waals surface area contributed by atoms with E-state index in [4.69, 9.17) is 16.3 Å². The summed E-state index contributed by atoms with van der Waals surface area (Å²) in [4.78, 5) is 13.8. The number of amides is 1. The number of carbonyl (C=O) groups excluding carboxylic acids is 1. The Morgan fingerprint density at radius 3 is 2.64 bits per heavy atom. The zero-order valence-electron chi connectivity index (χ0n) is 12.9. The molecule has 0 saturated carbocycles. The van der Waals surface area contributed by atoms with E-state index in [-0.39, 0.29) is 12.5 Å². The summed E-state index contributed by atoms with van der Waals surface area (Å²) < 4.78 is 5.46. The number of halogens is 1. The molecular formula is C17H19ClN2O2. The fourth-order valence-corrected chi connectivity index (χ4v) is 2.35. The minimum atomic E-state index is -0.227. The summed E-state index contributed by atoms with van der Waals surface area (Å²) in [5, 5.41) is 3.35. The maximum absolute atomic E-state index is 11.9. The lowest BCUT2D eigenvalue weighted by Gasteiger charge is -2.15. The standard InChI is InChI=1S/C17H19ClN2O2/c1-12-5-4-6-14(9-12)22-11-17(21)19-13-7-8-16(20(2)3)15(18)10-13/h4-10H,11H2,1-3H3,(H,19,21). The lowest BCUT2D eigenvalue weighted by Crippen LogP contribution is -2.20. The normalized spacial score (nSPS) is 10.2. The molecule has 4 nitrogen and oxygen atoms in total. The first-order valence-electron chi connectivity index (χ1n) is 6.92. The van der Waals surface area contributed by atoms with Crippen molar-refractivity contribution >= 4 is 28.9 Å². The molecule has 0 fully saturated rings. The Hall–Kier alpha value is -2.20. The molecule has 0 saturated heterocycles. The third-order valence-corrected chi connectivity index (χ3v) is 3.38. The Bertz CT molecular complexity index is 671. The number of nitrogens with zero attached hydrogens (tertiary/aromatic N) is 1. The molecule has 22 heavy (non-hydrogen) atoms. The van der Waals surface area contributed by atoms with Crippen LogP contribution in [0.1, 0.15) is 5.56 Å². The molecular weight excluding hydrogens is 300 g/mol. The second-order valence-corrected chi connectivity index (χ2v) is 5.62. The van der Waals surface area contributed by atoms with Gasteiger partial charge in [0.1, 0.15) is 5.75 Å². The van der Waals surface area contributed by atoms with Crippen molar-refractivity contribution in [3.8, 4) is 5.75 Å². The van der Waals surface area contributed by atoms with Gasteiger partial charge in [-0.25, -0.2) is 0 Å². The number of aryl methyl sites for hydroxylation is 1. The van der Waals surface area contributed by atoms with Crippen molar-refractivity contribution in [2.24, 2.45) is 0 Å². The highest BCUT2D eigenvalue weighted by Crippen LogP contribution is 2.27. The van der Waals surface area contributed by atoms with Crippen LogP contribution in [0, 0.1) is 6.92 Å². The van der Waals surface area contributed by atoms with Crippen molar-refractivity contribution in [2.75, 3.05) is 30.9 Å². The molecule has 0 aliphatic carbocycles. The SMILES string of the molecule is Cc1cccc(OCC(=O)Nc2ccc(N(C)C)c(Cl)c2)c1. The highest BCUT2D eigenvalue weighted by molar-refractivity contribution is 6.33. The molecule has 0 atom stereocenters. The Kier molecular flexibility index (Phi) is 5.28. The minimum Gasteiger partial charge on any atom is -0.484 e. The van der Waals surface area contributed by atoms with Gasteiger partial charge in [0.15, 0.2) is 6.61 Å². The molecule has 0 spiro atoms. The van der Waals surface area contributed by atoms with Gasteiger partial charge < -0.3 is 15.0 Å². The van der Waals surface area contributed by atoms with Gasteiger partial charge in [-0.2, -0.15) is 0 Å². The van der Waals surface area contributed by atoms with Crippen LogP contribution in [-0.4, -0.2) is 26.6 Å². The van der Waals surface area contributed by atoms with Crippen molar-refractivity contribution in [3.05, 3.63) is 53.1 Å². The third-order valence-electron chi connectivity index (χ3n) is 3.07. The molecule has 2 aromatic rings. The average Bonchev–Trinajstić information content (AvgIpc) is 2.45. The molecule has 0 radical (unpaired) electrons. The smallest absolute Gasteiger partial charge is 0.262 e. The molecule has 0 aromatic heterocycles. The van der Waals surface area contributed by atoms with E-state index in [0.29, 0.717) is 16.5 Å². The highest BCUT2D eigenvalue weighted by atomic mass is 35.5. The molecule has 1 amide bonds. The summed E-state index contributed by atoms with van der Waals surface area (Å²) in [6.45, 7) is 1.93. The number of nitrogens with one attached hydrogen (secondary N) is 1. The fourth-order valence-electron chi connectivity index (χ4n) is 2.00. The number of anilines is 2. The highest BCUT2D eigenvalue weighted by Gasteiger charge is 2.07. The van der Waals surface area contributed by atoms with Gasteiger partial charge in [-0.05, 0) is 42.8 Å². The number of rotatable bonds is 5. The van der Waals surface area contributed by atoms with Crippen LogP contribution in [0.5, 0.6) is 5.75 Å². The Morgan fingerprint density at radius 1 is 1.23 bits per heavy atom. The first kappa shape index (κ1) is 16.2. The van der Waals surface area contributed by atoms with Crippen LogP contribution in [0.2, 0.25) is 5.02 Å². The molecule has 1 N–H and O–H groups in total. The Balaban J connectivity index is 1.93. The maximum atomic E-state index is 11.9. The van der Waals surface area contributed by atoms with E-state index in [1.165, 1.54) is 0 Å². The predicted octanol–water partition coefficient (Wildman–Crippen LogP) is 3.73. The zero-order chi connectivity index (χ0) is 16.1. The second kappa shape index (κ2) is 7.18. The van der Waals surface area contributed by atoms with Crippen molar-refractivity contribution in [2.45, 2.75) is 6.92 Å². The van der Waals surface area contributed by atoms with Crippen molar-refractivity contribution in [1.82, 2.24) is 0 Å². The second-order valence-electron chi connectivity index (χ2n) is 5.21. The van der Waals surface area contributed by atoms with Crippen LogP contribution in [0.3, 0.4) is 0 Å². The molecule has 5 heteroatoms. The van der Waals surface area contributed by atoms with Crippen LogP contribution < -0.4 is 15.0 Å². The lowest BCUT2D eigenvalue weighted by atomic mass is 10.2. The predicted molar refractivity (Wildman–Crippen MR) is 91.1 cm³/mol. The molecule has 0 heterocycles. The first-order chi connectivity index (χ1) is 10.5. The number of carbonyl (C=O) groups is 1. The number of ether oxygens (including phenoxy) is 1. The quantitative estimate of drug-likeness (QED) is 0.913. The van der Waals surface area contributed by atoms with Gasteiger partial charge in [0.2, 0.25) is 0 Å². The van der Waals surface area contributed by atoms with E-state index in [0.717, 1.165) is 11.3 Å². The van der Waals surface area contributed by atoms with Crippen LogP contribution in [0.25, 0.3) is 0 Å². The molecule has 116 valence electrons. The third kappa shape index (κ3) is 4.40. The van der Waals surface area contributed by atoms with Crippen LogP contribution in [-0.2, 0) is 4.79 Å². The van der Waals surface area contributed by atoms with Gasteiger partial charge in [-0.3, -0.25) is 4.79 Å². The van der Waals surface area contributed by atoms with Gasteiger partial charge >= 0.3 is 0 Å². The summed E-state index contributed by atoms with van der Waals surface area (Å²) in [7, 11) is 3.82. The summed E-state index contributed by atoms with van der Waals surface area (Å²) in [6, 6.07) is 13.0. The lowest BCUT2D eigenvalue weighted by molar-refractivity contribution is -0.118. The molecule has 2 rings (SSSR count). The molecule has 0 aliphatic rings. The van der Waals surface area contributed by atoms with Crippen LogP contribution in [0.4, 0.5) is 11.4 Å².